The summed E-state index contributed by atoms with van der Waals surface area (Å²) in [5.74, 6) is 0. The number of hydrogen-bond donors (Lipinski definition) is 1. The summed E-state index contributed by atoms with van der Waals surface area (Å²) in [6.07, 6.45) is 1.50. The molecule has 8 heteroatoms. The van der Waals surface area contributed by atoms with E-state index in [1.807, 2.05) is 0 Å². The van der Waals surface area contributed by atoms with Crippen molar-refractivity contribution in [2.75, 3.05) is 7.11 Å². The lowest BCUT2D eigenvalue weighted by atomic mass is 11.0. The monoisotopic (exact) mass is 305 g/mol. The van der Waals surface area contributed by atoms with Crippen LogP contribution in [0.25, 0.3) is 0 Å². The van der Waals surface area contributed by atoms with Crippen LogP contribution in [0.2, 0.25) is 0 Å². The lowest BCUT2D eigenvalue weighted by molar-refractivity contribution is 0.427. The molecule has 0 spiro atoms. The van der Waals surface area contributed by atoms with E-state index in [2.05, 4.69) is 15.4 Å². The molecule has 0 saturated carbocycles. The standard InChI is InChI=1S/C3H5IN3O2PS/c1-8-10(11,9-4)3-2-5-7-6-3/h2H,1H3,(H,5,6,7). The van der Waals surface area contributed by atoms with Crippen LogP contribution < -0.4 is 5.44 Å². The molecule has 0 aromatic carbocycles. The molecule has 0 aliphatic rings. The zero-order valence-corrected chi connectivity index (χ0v) is 9.39. The predicted molar refractivity (Wildman–Crippen MR) is 52.4 cm³/mol. The van der Waals surface area contributed by atoms with Crippen LogP contribution in [0, 0.1) is 0 Å². The summed E-state index contributed by atoms with van der Waals surface area (Å²) >= 11 is 6.77. The van der Waals surface area contributed by atoms with Gasteiger partial charge in [0, 0.05) is 7.11 Å². The number of aromatic nitrogens is 3. The average Bonchev–Trinajstić information content (AvgIpc) is 2.55. The molecule has 0 bridgehead atoms. The maximum absolute atomic E-state index is 5.06. The van der Waals surface area contributed by atoms with Gasteiger partial charge in [0.25, 0.3) is 6.49 Å². The van der Waals surface area contributed by atoms with Crippen molar-refractivity contribution < 1.29 is 7.38 Å². The van der Waals surface area contributed by atoms with Crippen LogP contribution >= 0.6 is 29.5 Å². The molecule has 0 fully saturated rings. The third-order valence-electron chi connectivity index (χ3n) is 1.01. The quantitative estimate of drug-likeness (QED) is 0.660. The number of halogens is 1. The highest BCUT2D eigenvalue weighted by Gasteiger charge is 2.22. The second-order valence-electron chi connectivity index (χ2n) is 1.58. The lowest BCUT2D eigenvalue weighted by Crippen LogP contribution is -2.06. The summed E-state index contributed by atoms with van der Waals surface area (Å²) in [6.45, 7) is -2.37. The Morgan fingerprint density at radius 2 is 2.55 bits per heavy atom. The first-order chi connectivity index (χ1) is 5.23. The largest absolute Gasteiger partial charge is 0.328 e. The number of rotatable bonds is 3. The Bertz CT molecular complexity index is 258. The molecule has 0 amide bonds. The van der Waals surface area contributed by atoms with E-state index in [1.165, 1.54) is 13.3 Å². The summed E-state index contributed by atoms with van der Waals surface area (Å²) in [5.41, 5.74) is 0.546. The molecule has 11 heavy (non-hydrogen) atoms. The number of nitrogens with one attached hydrogen (secondary N) is 1. The number of H-pyrrole nitrogens is 1. The van der Waals surface area contributed by atoms with E-state index in [9.17, 15) is 0 Å². The molecule has 1 unspecified atom stereocenters. The van der Waals surface area contributed by atoms with Crippen molar-refractivity contribution in [2.45, 2.75) is 0 Å². The van der Waals surface area contributed by atoms with Crippen LogP contribution in [0.4, 0.5) is 0 Å². The summed E-state index contributed by atoms with van der Waals surface area (Å²) in [4.78, 5) is 0. The van der Waals surface area contributed by atoms with Gasteiger partial charge >= 0.3 is 0 Å². The SMILES string of the molecule is COP(=S)(OI)c1cn[nH]n1. The van der Waals surface area contributed by atoms with Crippen LogP contribution in [0.5, 0.6) is 0 Å². The normalized spacial score (nSPS) is 16.2. The lowest BCUT2D eigenvalue weighted by Gasteiger charge is -2.11. The zero-order valence-electron chi connectivity index (χ0n) is 5.52. The first-order valence-electron chi connectivity index (χ1n) is 2.55. The fraction of sp³-hybridized carbons (Fsp3) is 0.333. The smallest absolute Gasteiger partial charge is 0.250 e. The van der Waals surface area contributed by atoms with Crippen molar-refractivity contribution in [3.8, 4) is 0 Å². The minimum absolute atomic E-state index is 0.546. The van der Waals surface area contributed by atoms with Crippen LogP contribution in [0.1, 0.15) is 0 Å². The maximum atomic E-state index is 5.06. The van der Waals surface area contributed by atoms with Gasteiger partial charge in [-0.05, 0) is 11.8 Å². The third kappa shape index (κ3) is 1.97. The topological polar surface area (TPSA) is 60.0 Å². The second kappa shape index (κ2) is 3.90. The van der Waals surface area contributed by atoms with Gasteiger partial charge in [0.05, 0.1) is 6.20 Å². The Morgan fingerprint density at radius 3 is 2.91 bits per heavy atom. The van der Waals surface area contributed by atoms with Crippen LogP contribution in [0.3, 0.4) is 0 Å². The van der Waals surface area contributed by atoms with E-state index >= 15 is 0 Å². The van der Waals surface area contributed by atoms with E-state index in [-0.39, 0.29) is 0 Å². The first kappa shape index (κ1) is 9.53. The molecule has 0 aliphatic carbocycles. The minimum Gasteiger partial charge on any atom is -0.328 e. The van der Waals surface area contributed by atoms with Crippen LogP contribution in [-0.4, -0.2) is 22.5 Å². The van der Waals surface area contributed by atoms with Gasteiger partial charge in [-0.2, -0.15) is 15.4 Å². The van der Waals surface area contributed by atoms with Crippen molar-refractivity contribution in [3.05, 3.63) is 6.20 Å². The van der Waals surface area contributed by atoms with Gasteiger partial charge in [-0.15, -0.1) is 0 Å². The zero-order chi connectivity index (χ0) is 8.32. The highest BCUT2D eigenvalue weighted by molar-refractivity contribution is 14.1. The Balaban J connectivity index is 2.97. The molecular formula is C3H5IN3O2PS. The Kier molecular flexibility index (Phi) is 3.38. The Labute approximate surface area is 82.7 Å². The molecule has 1 N–H and O–H groups in total. The van der Waals surface area contributed by atoms with E-state index in [0.29, 0.717) is 5.44 Å². The number of aromatic amines is 1. The Morgan fingerprint density at radius 1 is 1.82 bits per heavy atom. The molecule has 0 saturated heterocycles. The summed E-state index contributed by atoms with van der Waals surface area (Å²) < 4.78 is 9.99. The molecule has 1 rings (SSSR count). The summed E-state index contributed by atoms with van der Waals surface area (Å²) in [5, 5.41) is 9.83. The van der Waals surface area contributed by atoms with Gasteiger partial charge in [-0.1, -0.05) is 0 Å². The van der Waals surface area contributed by atoms with Gasteiger partial charge in [0.2, 0.25) is 0 Å². The molecular weight excluding hydrogens is 300 g/mol. The maximum Gasteiger partial charge on any atom is 0.250 e. The molecule has 62 valence electrons. The van der Waals surface area contributed by atoms with E-state index in [4.69, 9.17) is 19.2 Å². The van der Waals surface area contributed by atoms with Gasteiger partial charge in [-0.3, -0.25) is 2.85 Å². The minimum atomic E-state index is -2.37. The molecule has 1 aromatic rings. The van der Waals surface area contributed by atoms with Crippen LogP contribution in [0.15, 0.2) is 6.20 Å². The molecule has 1 heterocycles. The van der Waals surface area contributed by atoms with E-state index in [0.717, 1.165) is 0 Å². The van der Waals surface area contributed by atoms with Crippen molar-refractivity contribution in [2.24, 2.45) is 0 Å². The number of hydrogen-bond acceptors (Lipinski definition) is 5. The second-order valence-corrected chi connectivity index (χ2v) is 6.16. The van der Waals surface area contributed by atoms with Crippen molar-refractivity contribution >= 4 is 46.7 Å². The van der Waals surface area contributed by atoms with Gasteiger partial charge < -0.3 is 4.52 Å². The van der Waals surface area contributed by atoms with Gasteiger partial charge in [0.1, 0.15) is 23.0 Å². The molecule has 0 aliphatic heterocycles. The molecule has 5 nitrogen and oxygen atoms in total. The molecule has 0 radical (unpaired) electrons. The fourth-order valence-electron chi connectivity index (χ4n) is 0.485. The Hall–Kier alpha value is 0.440. The van der Waals surface area contributed by atoms with Crippen molar-refractivity contribution in [3.63, 3.8) is 0 Å². The van der Waals surface area contributed by atoms with Crippen molar-refractivity contribution in [1.29, 1.82) is 0 Å². The third-order valence-corrected chi connectivity index (χ3v) is 6.15. The highest BCUT2D eigenvalue weighted by atomic mass is 127. The van der Waals surface area contributed by atoms with E-state index in [1.54, 1.807) is 23.0 Å². The van der Waals surface area contributed by atoms with Gasteiger partial charge in [0.15, 0.2) is 5.44 Å². The van der Waals surface area contributed by atoms with Crippen LogP contribution in [-0.2, 0) is 19.2 Å². The average molecular weight is 305 g/mol. The first-order valence-corrected chi connectivity index (χ1v) is 6.07. The molecule has 1 aromatic heterocycles. The fourth-order valence-corrected chi connectivity index (χ4v) is 2.52. The predicted octanol–water partition coefficient (Wildman–Crippen LogP) is 0.752. The summed E-state index contributed by atoms with van der Waals surface area (Å²) in [6, 6.07) is 0. The molecule has 1 atom stereocenters. The van der Waals surface area contributed by atoms with Gasteiger partial charge in [-0.25, -0.2) is 0 Å². The highest BCUT2D eigenvalue weighted by Crippen LogP contribution is 2.47. The summed E-state index contributed by atoms with van der Waals surface area (Å²) in [7, 11) is 1.49. The van der Waals surface area contributed by atoms with Crippen molar-refractivity contribution in [1.82, 2.24) is 15.4 Å². The van der Waals surface area contributed by atoms with E-state index < -0.39 is 6.49 Å². The number of nitrogens with zero attached hydrogens (tertiary/aromatic N) is 2.